The van der Waals surface area contributed by atoms with Crippen LogP contribution in [0.15, 0.2) is 65.3 Å². The van der Waals surface area contributed by atoms with Crippen LogP contribution in [0.5, 0.6) is 0 Å². The molecular formula is C29H30BrN3O. The molecule has 174 valence electrons. The highest BCUT2D eigenvalue weighted by molar-refractivity contribution is 9.10. The van der Waals surface area contributed by atoms with E-state index in [4.69, 9.17) is 9.97 Å². The zero-order valence-corrected chi connectivity index (χ0v) is 20.9. The summed E-state index contributed by atoms with van der Waals surface area (Å²) in [4.78, 5) is 22.8. The van der Waals surface area contributed by atoms with Crippen molar-refractivity contribution in [3.8, 4) is 11.3 Å². The lowest BCUT2D eigenvalue weighted by Gasteiger charge is -2.57. The van der Waals surface area contributed by atoms with Gasteiger partial charge in [-0.1, -0.05) is 58.4 Å². The molecule has 0 aliphatic heterocycles. The second-order valence-corrected chi connectivity index (χ2v) is 11.8. The monoisotopic (exact) mass is 515 g/mol. The summed E-state index contributed by atoms with van der Waals surface area (Å²) in [6.07, 6.45) is 11.2. The van der Waals surface area contributed by atoms with Crippen LogP contribution in [-0.2, 0) is 17.6 Å². The van der Waals surface area contributed by atoms with Gasteiger partial charge in [-0.05, 0) is 85.8 Å². The van der Waals surface area contributed by atoms with Crippen molar-refractivity contribution in [1.29, 1.82) is 0 Å². The van der Waals surface area contributed by atoms with E-state index in [0.29, 0.717) is 17.7 Å². The zero-order chi connectivity index (χ0) is 23.1. The maximum atomic E-state index is 12.9. The van der Waals surface area contributed by atoms with Crippen molar-refractivity contribution in [2.45, 2.75) is 51.4 Å². The van der Waals surface area contributed by atoms with Gasteiger partial charge in [0.25, 0.3) is 0 Å². The molecule has 4 fully saturated rings. The lowest BCUT2D eigenvalue weighted by atomic mass is 9.48. The standard InChI is InChI=1S/C29H30BrN3O/c30-24-8-6-19(7-9-24)13-27(34)33-28-25(32-26(18-31-28)23-4-2-1-3-5-23)17-29-14-20-10-21(15-29)12-22(11-20)16-29/h1-9,18,20-22H,10-17H2,(H,31,33,34). The maximum absolute atomic E-state index is 12.9. The van der Waals surface area contributed by atoms with Crippen LogP contribution in [0.4, 0.5) is 5.82 Å². The van der Waals surface area contributed by atoms with Gasteiger partial charge in [0.1, 0.15) is 0 Å². The predicted molar refractivity (Wildman–Crippen MR) is 138 cm³/mol. The van der Waals surface area contributed by atoms with Gasteiger partial charge >= 0.3 is 0 Å². The highest BCUT2D eigenvalue weighted by Crippen LogP contribution is 2.61. The number of benzene rings is 2. The predicted octanol–water partition coefficient (Wildman–Crippen LogP) is 6.85. The smallest absolute Gasteiger partial charge is 0.229 e. The number of carbonyl (C=O) groups excluding carboxylic acids is 1. The molecule has 1 aromatic heterocycles. The summed E-state index contributed by atoms with van der Waals surface area (Å²) in [6.45, 7) is 0. The number of amides is 1. The number of hydrogen-bond donors (Lipinski definition) is 1. The molecule has 2 aromatic carbocycles. The molecule has 0 saturated heterocycles. The van der Waals surface area contributed by atoms with E-state index in [0.717, 1.165) is 51.2 Å². The highest BCUT2D eigenvalue weighted by Gasteiger charge is 2.51. The molecule has 0 unspecified atom stereocenters. The first-order chi connectivity index (χ1) is 16.5. The summed E-state index contributed by atoms with van der Waals surface area (Å²) in [5.74, 6) is 3.24. The third-order valence-electron chi connectivity index (χ3n) is 8.16. The number of anilines is 1. The average molecular weight is 516 g/mol. The Bertz CT molecular complexity index is 1160. The van der Waals surface area contributed by atoms with Crippen molar-refractivity contribution in [3.05, 3.63) is 76.5 Å². The quantitative estimate of drug-likeness (QED) is 0.390. The fourth-order valence-electron chi connectivity index (χ4n) is 7.23. The highest BCUT2D eigenvalue weighted by atomic mass is 79.9. The summed E-state index contributed by atoms with van der Waals surface area (Å²) in [7, 11) is 0. The Morgan fingerprint density at radius 2 is 1.59 bits per heavy atom. The van der Waals surface area contributed by atoms with Gasteiger partial charge in [-0.2, -0.15) is 0 Å². The third kappa shape index (κ3) is 4.55. The molecule has 4 aliphatic rings. The fourth-order valence-corrected chi connectivity index (χ4v) is 7.49. The van der Waals surface area contributed by atoms with Gasteiger partial charge < -0.3 is 5.32 Å². The molecule has 4 bridgehead atoms. The number of rotatable bonds is 6. The van der Waals surface area contributed by atoms with Crippen molar-refractivity contribution in [2.24, 2.45) is 23.2 Å². The van der Waals surface area contributed by atoms with Crippen LogP contribution in [0, 0.1) is 23.2 Å². The Morgan fingerprint density at radius 1 is 0.941 bits per heavy atom. The zero-order valence-electron chi connectivity index (χ0n) is 19.3. The third-order valence-corrected chi connectivity index (χ3v) is 8.69. The SMILES string of the molecule is O=C(Cc1ccc(Br)cc1)Nc1ncc(-c2ccccc2)nc1CC12CC3CC(CC(C3)C1)C2. The van der Waals surface area contributed by atoms with E-state index in [-0.39, 0.29) is 5.91 Å². The largest absolute Gasteiger partial charge is 0.309 e. The molecule has 34 heavy (non-hydrogen) atoms. The van der Waals surface area contributed by atoms with Crippen LogP contribution in [-0.4, -0.2) is 15.9 Å². The van der Waals surface area contributed by atoms with Crippen LogP contribution in [0.2, 0.25) is 0 Å². The van der Waals surface area contributed by atoms with Crippen LogP contribution in [0.3, 0.4) is 0 Å². The molecule has 4 nitrogen and oxygen atoms in total. The molecule has 3 aromatic rings. The maximum Gasteiger partial charge on any atom is 0.229 e. The normalized spacial score (nSPS) is 27.0. The van der Waals surface area contributed by atoms with E-state index >= 15 is 0 Å². The number of halogens is 1. The Labute approximate surface area is 209 Å². The van der Waals surface area contributed by atoms with Gasteiger partial charge in [-0.25, -0.2) is 9.97 Å². The topological polar surface area (TPSA) is 54.9 Å². The first-order valence-corrected chi connectivity index (χ1v) is 13.3. The average Bonchev–Trinajstić information content (AvgIpc) is 2.81. The van der Waals surface area contributed by atoms with Crippen molar-refractivity contribution in [3.63, 3.8) is 0 Å². The summed E-state index contributed by atoms with van der Waals surface area (Å²) >= 11 is 3.46. The van der Waals surface area contributed by atoms with E-state index in [9.17, 15) is 4.79 Å². The molecule has 1 heterocycles. The molecule has 4 aliphatic carbocycles. The van der Waals surface area contributed by atoms with Crippen LogP contribution < -0.4 is 5.32 Å². The lowest BCUT2D eigenvalue weighted by Crippen LogP contribution is -2.47. The first kappa shape index (κ1) is 22.0. The Balaban J connectivity index is 1.29. The summed E-state index contributed by atoms with van der Waals surface area (Å²) in [6, 6.07) is 18.1. The number of carbonyl (C=O) groups is 1. The van der Waals surface area contributed by atoms with Crippen LogP contribution in [0.1, 0.15) is 49.8 Å². The number of aromatic nitrogens is 2. The van der Waals surface area contributed by atoms with Crippen molar-refractivity contribution in [2.75, 3.05) is 5.32 Å². The Hall–Kier alpha value is -2.53. The molecule has 5 heteroatoms. The molecule has 1 N–H and O–H groups in total. The van der Waals surface area contributed by atoms with Gasteiger partial charge in [0, 0.05) is 10.0 Å². The number of nitrogens with one attached hydrogen (secondary N) is 1. The van der Waals surface area contributed by atoms with Gasteiger partial charge in [0.2, 0.25) is 5.91 Å². The molecule has 0 atom stereocenters. The number of nitrogens with zero attached hydrogens (tertiary/aromatic N) is 2. The summed E-state index contributed by atoms with van der Waals surface area (Å²) in [5, 5.41) is 3.11. The van der Waals surface area contributed by atoms with Crippen molar-refractivity contribution in [1.82, 2.24) is 9.97 Å². The summed E-state index contributed by atoms with van der Waals surface area (Å²) < 4.78 is 1.01. The molecule has 7 rings (SSSR count). The molecule has 4 saturated carbocycles. The van der Waals surface area contributed by atoms with Crippen molar-refractivity contribution < 1.29 is 4.79 Å². The van der Waals surface area contributed by atoms with E-state index in [1.165, 1.54) is 38.5 Å². The second-order valence-electron chi connectivity index (χ2n) is 10.9. The lowest BCUT2D eigenvalue weighted by molar-refractivity contribution is -0.115. The minimum absolute atomic E-state index is 0.0455. The first-order valence-electron chi connectivity index (χ1n) is 12.5. The minimum atomic E-state index is -0.0455. The fraction of sp³-hybridized carbons (Fsp3) is 0.414. The van der Waals surface area contributed by atoms with E-state index in [1.54, 1.807) is 6.20 Å². The van der Waals surface area contributed by atoms with Crippen LogP contribution in [0.25, 0.3) is 11.3 Å². The Morgan fingerprint density at radius 3 is 2.24 bits per heavy atom. The molecule has 0 spiro atoms. The van der Waals surface area contributed by atoms with Gasteiger partial charge in [0.15, 0.2) is 5.82 Å². The molecular weight excluding hydrogens is 486 g/mol. The van der Waals surface area contributed by atoms with E-state index in [1.807, 2.05) is 42.5 Å². The van der Waals surface area contributed by atoms with Crippen molar-refractivity contribution >= 4 is 27.7 Å². The van der Waals surface area contributed by atoms with E-state index < -0.39 is 0 Å². The van der Waals surface area contributed by atoms with Crippen LogP contribution >= 0.6 is 15.9 Å². The van der Waals surface area contributed by atoms with E-state index in [2.05, 4.69) is 33.4 Å². The second kappa shape index (κ2) is 8.92. The Kier molecular flexibility index (Phi) is 5.76. The molecule has 0 radical (unpaired) electrons. The van der Waals surface area contributed by atoms with Gasteiger partial charge in [0.05, 0.1) is 24.0 Å². The van der Waals surface area contributed by atoms with Gasteiger partial charge in [-0.15, -0.1) is 0 Å². The minimum Gasteiger partial charge on any atom is -0.309 e. The van der Waals surface area contributed by atoms with Gasteiger partial charge in [-0.3, -0.25) is 4.79 Å². The number of hydrogen-bond acceptors (Lipinski definition) is 3. The molecule has 1 amide bonds. The summed E-state index contributed by atoms with van der Waals surface area (Å²) in [5.41, 5.74) is 4.20.